The van der Waals surface area contributed by atoms with Crippen molar-refractivity contribution in [2.75, 3.05) is 13.2 Å². The molecular weight excluding hydrogens is 1140 g/mol. The highest BCUT2D eigenvalue weighted by Crippen LogP contribution is 2.21. The Labute approximate surface area is 583 Å². The second kappa shape index (κ2) is 82.8. The van der Waals surface area contributed by atoms with E-state index in [1.54, 1.807) is 6.08 Å². The molecule has 0 aliphatic heterocycles. The van der Waals surface area contributed by atoms with Crippen LogP contribution in [0.3, 0.4) is 0 Å². The van der Waals surface area contributed by atoms with Gasteiger partial charge in [0.15, 0.2) is 0 Å². The molecule has 6 nitrogen and oxygen atoms in total. The standard InChI is InChI=1S/C87H169NO5/c1-3-5-7-9-11-13-15-17-18-19-20-21-22-40-43-46-49-52-56-59-63-67-71-75-79-85(90)84(83-89)88-86(91)80-76-72-68-64-60-57-53-50-47-44-41-38-36-34-32-30-28-26-24-23-25-27-29-31-33-35-37-39-42-45-48-51-54-58-62-66-70-74-78-82-93-87(92)81-77-73-69-65-61-55-16-14-12-10-8-6-4-2/h14,16,75,79,84-85,89-90H,3-13,15,17-74,76-78,80-83H2,1-2H3,(H,88,91)/b16-14-,79-75+. The van der Waals surface area contributed by atoms with Crippen LogP contribution in [-0.4, -0.2) is 47.4 Å². The van der Waals surface area contributed by atoms with Crippen molar-refractivity contribution in [1.82, 2.24) is 5.32 Å². The molecule has 0 rings (SSSR count). The van der Waals surface area contributed by atoms with Gasteiger partial charge in [-0.1, -0.05) is 449 Å². The third-order valence-corrected chi connectivity index (χ3v) is 20.5. The lowest BCUT2D eigenvalue weighted by atomic mass is 10.0. The summed E-state index contributed by atoms with van der Waals surface area (Å²) < 4.78 is 5.49. The largest absolute Gasteiger partial charge is 0.466 e. The first kappa shape index (κ1) is 91.3. The minimum Gasteiger partial charge on any atom is -0.466 e. The summed E-state index contributed by atoms with van der Waals surface area (Å²) in [5.74, 6) is -0.0405. The summed E-state index contributed by atoms with van der Waals surface area (Å²) in [6.07, 6.45) is 108. The van der Waals surface area contributed by atoms with Crippen LogP contribution < -0.4 is 5.32 Å². The Bertz CT molecular complexity index is 1460. The van der Waals surface area contributed by atoms with E-state index in [0.29, 0.717) is 19.4 Å². The van der Waals surface area contributed by atoms with Gasteiger partial charge in [-0.25, -0.2) is 0 Å². The Morgan fingerprint density at radius 3 is 0.774 bits per heavy atom. The fourth-order valence-electron chi connectivity index (χ4n) is 13.9. The van der Waals surface area contributed by atoms with Crippen molar-refractivity contribution in [3.63, 3.8) is 0 Å². The Hall–Kier alpha value is -1.66. The normalized spacial score (nSPS) is 12.5. The lowest BCUT2D eigenvalue weighted by Gasteiger charge is -2.20. The molecule has 93 heavy (non-hydrogen) atoms. The van der Waals surface area contributed by atoms with Crippen molar-refractivity contribution >= 4 is 11.9 Å². The van der Waals surface area contributed by atoms with Crippen LogP contribution in [-0.2, 0) is 14.3 Å². The number of aliphatic hydroxyl groups is 2. The molecule has 0 aliphatic carbocycles. The number of carbonyl (C=O) groups excluding carboxylic acids is 2. The molecule has 0 spiro atoms. The van der Waals surface area contributed by atoms with Gasteiger partial charge in [0, 0.05) is 12.8 Å². The summed E-state index contributed by atoms with van der Waals surface area (Å²) in [5.41, 5.74) is 0. The van der Waals surface area contributed by atoms with E-state index in [-0.39, 0.29) is 18.5 Å². The van der Waals surface area contributed by atoms with E-state index in [9.17, 15) is 19.8 Å². The van der Waals surface area contributed by atoms with Gasteiger partial charge >= 0.3 is 5.97 Å². The van der Waals surface area contributed by atoms with E-state index in [4.69, 9.17) is 4.74 Å². The number of carbonyl (C=O) groups is 2. The van der Waals surface area contributed by atoms with Gasteiger partial charge in [0.2, 0.25) is 5.91 Å². The zero-order chi connectivity index (χ0) is 67.0. The molecule has 0 bridgehead atoms. The number of nitrogens with one attached hydrogen (secondary N) is 1. The van der Waals surface area contributed by atoms with Crippen LogP contribution in [0.2, 0.25) is 0 Å². The SMILES string of the molecule is CCCCCC/C=C\CCCCCCCC(=O)OCCCCCCCCCCCCCCCCCCCCCCCCCCCCCCCCCCCCCCCCCC(=O)NC(CO)C(O)/C=C/CCCCCCCCCCCCCCCCCCCCCCCC. The fraction of sp³-hybridized carbons (Fsp3) is 0.931. The van der Waals surface area contributed by atoms with E-state index >= 15 is 0 Å². The number of aliphatic hydroxyl groups excluding tert-OH is 2. The fourth-order valence-corrected chi connectivity index (χ4v) is 13.9. The molecule has 0 saturated carbocycles. The molecule has 0 heterocycles. The van der Waals surface area contributed by atoms with Gasteiger partial charge in [-0.05, 0) is 57.8 Å². The van der Waals surface area contributed by atoms with E-state index < -0.39 is 12.1 Å². The number of rotatable bonds is 82. The molecule has 3 N–H and O–H groups in total. The average molecular weight is 1310 g/mol. The maximum Gasteiger partial charge on any atom is 0.305 e. The minimum absolute atomic E-state index is 0.0156. The highest BCUT2D eigenvalue weighted by molar-refractivity contribution is 5.76. The Balaban J connectivity index is 3.32. The maximum absolute atomic E-state index is 12.6. The zero-order valence-corrected chi connectivity index (χ0v) is 63.5. The van der Waals surface area contributed by atoms with Gasteiger partial charge in [0.25, 0.3) is 0 Å². The minimum atomic E-state index is -0.841. The molecule has 0 saturated heterocycles. The molecule has 0 aromatic rings. The second-order valence-electron chi connectivity index (χ2n) is 29.9. The predicted octanol–water partition coefficient (Wildman–Crippen LogP) is 28.8. The summed E-state index contributed by atoms with van der Waals surface area (Å²) in [6, 6.07) is -0.624. The number of hydrogen-bond donors (Lipinski definition) is 3. The van der Waals surface area contributed by atoms with Crippen LogP contribution in [0.25, 0.3) is 0 Å². The Morgan fingerprint density at radius 1 is 0.290 bits per heavy atom. The van der Waals surface area contributed by atoms with Gasteiger partial charge < -0.3 is 20.3 Å². The molecule has 0 radical (unpaired) electrons. The molecule has 1 amide bonds. The molecule has 552 valence electrons. The van der Waals surface area contributed by atoms with E-state index in [2.05, 4.69) is 31.3 Å². The van der Waals surface area contributed by atoms with E-state index in [1.807, 2.05) is 6.08 Å². The van der Waals surface area contributed by atoms with Gasteiger partial charge in [-0.3, -0.25) is 9.59 Å². The topological polar surface area (TPSA) is 95.9 Å². The number of ether oxygens (including phenoxy) is 1. The summed E-state index contributed by atoms with van der Waals surface area (Å²) in [4.78, 5) is 24.6. The number of hydrogen-bond acceptors (Lipinski definition) is 5. The molecule has 0 fully saturated rings. The summed E-state index contributed by atoms with van der Waals surface area (Å²) >= 11 is 0. The molecule has 0 aliphatic rings. The number of unbranched alkanes of at least 4 members (excludes halogenated alkanes) is 69. The first-order valence-corrected chi connectivity index (χ1v) is 43.1. The van der Waals surface area contributed by atoms with E-state index in [0.717, 1.165) is 44.9 Å². The summed E-state index contributed by atoms with van der Waals surface area (Å²) in [5, 5.41) is 23.3. The Kier molecular flexibility index (Phi) is 81.3. The summed E-state index contributed by atoms with van der Waals surface area (Å²) in [6.45, 7) is 4.95. The molecular formula is C87H169NO5. The number of amides is 1. The van der Waals surface area contributed by atoms with Crippen LogP contribution in [0.5, 0.6) is 0 Å². The third-order valence-electron chi connectivity index (χ3n) is 20.5. The van der Waals surface area contributed by atoms with Crippen LogP contribution in [0, 0.1) is 0 Å². The van der Waals surface area contributed by atoms with Crippen molar-refractivity contribution < 1.29 is 24.5 Å². The summed E-state index contributed by atoms with van der Waals surface area (Å²) in [7, 11) is 0. The van der Waals surface area contributed by atoms with E-state index in [1.165, 1.54) is 424 Å². The third kappa shape index (κ3) is 79.2. The van der Waals surface area contributed by atoms with Crippen LogP contribution in [0.1, 0.15) is 495 Å². The zero-order valence-electron chi connectivity index (χ0n) is 63.5. The van der Waals surface area contributed by atoms with Crippen LogP contribution in [0.15, 0.2) is 24.3 Å². The smallest absolute Gasteiger partial charge is 0.305 e. The lowest BCUT2D eigenvalue weighted by molar-refractivity contribution is -0.143. The van der Waals surface area contributed by atoms with Gasteiger partial charge in [0.05, 0.1) is 25.4 Å². The number of esters is 1. The number of allylic oxidation sites excluding steroid dienone is 3. The monoisotopic (exact) mass is 1310 g/mol. The highest BCUT2D eigenvalue weighted by Gasteiger charge is 2.18. The average Bonchev–Trinajstić information content (AvgIpc) is 3.78. The van der Waals surface area contributed by atoms with Crippen molar-refractivity contribution in [1.29, 1.82) is 0 Å². The highest BCUT2D eigenvalue weighted by atomic mass is 16.5. The van der Waals surface area contributed by atoms with Gasteiger partial charge in [0.1, 0.15) is 0 Å². The molecule has 0 aromatic carbocycles. The van der Waals surface area contributed by atoms with Crippen LogP contribution >= 0.6 is 0 Å². The van der Waals surface area contributed by atoms with Gasteiger partial charge in [-0.2, -0.15) is 0 Å². The van der Waals surface area contributed by atoms with Gasteiger partial charge in [-0.15, -0.1) is 0 Å². The lowest BCUT2D eigenvalue weighted by Crippen LogP contribution is -2.45. The predicted molar refractivity (Wildman–Crippen MR) is 412 cm³/mol. The maximum atomic E-state index is 12.6. The molecule has 2 atom stereocenters. The first-order valence-electron chi connectivity index (χ1n) is 43.1. The molecule has 6 heteroatoms. The van der Waals surface area contributed by atoms with Crippen molar-refractivity contribution in [3.8, 4) is 0 Å². The second-order valence-corrected chi connectivity index (χ2v) is 29.9. The van der Waals surface area contributed by atoms with Crippen LogP contribution in [0.4, 0.5) is 0 Å². The molecule has 0 aromatic heterocycles. The van der Waals surface area contributed by atoms with Crippen molar-refractivity contribution in [3.05, 3.63) is 24.3 Å². The van der Waals surface area contributed by atoms with Crippen molar-refractivity contribution in [2.45, 2.75) is 508 Å². The molecule has 2 unspecified atom stereocenters. The first-order chi connectivity index (χ1) is 46.0. The quantitative estimate of drug-likeness (QED) is 0.0320. The Morgan fingerprint density at radius 2 is 0.505 bits per heavy atom. The van der Waals surface area contributed by atoms with Crippen molar-refractivity contribution in [2.24, 2.45) is 0 Å².